The Bertz CT molecular complexity index is 1040. The molecule has 0 bridgehead atoms. The Morgan fingerprint density at radius 1 is 0.906 bits per heavy atom. The van der Waals surface area contributed by atoms with Gasteiger partial charge in [0.1, 0.15) is 17.1 Å². The van der Waals surface area contributed by atoms with E-state index in [1.54, 1.807) is 0 Å². The molecule has 3 aromatic rings. The molecule has 0 radical (unpaired) electrons. The van der Waals surface area contributed by atoms with Gasteiger partial charge in [-0.2, -0.15) is 0 Å². The van der Waals surface area contributed by atoms with Gasteiger partial charge in [0.05, 0.1) is 6.61 Å². The van der Waals surface area contributed by atoms with Gasteiger partial charge in [-0.05, 0) is 80.3 Å². The van der Waals surface area contributed by atoms with E-state index < -0.39 is 4.75 Å². The third-order valence-electron chi connectivity index (χ3n) is 5.05. The molecule has 0 saturated heterocycles. The van der Waals surface area contributed by atoms with Gasteiger partial charge in [0.25, 0.3) is 0 Å². The van der Waals surface area contributed by atoms with Crippen LogP contribution in [0, 0.1) is 0 Å². The molecule has 0 saturated carbocycles. The van der Waals surface area contributed by atoms with E-state index in [0.717, 1.165) is 10.6 Å². The van der Waals surface area contributed by atoms with Crippen molar-refractivity contribution < 1.29 is 14.3 Å². The maximum absolute atomic E-state index is 12.1. The summed E-state index contributed by atoms with van der Waals surface area (Å²) in [6.07, 6.45) is 2.09. The van der Waals surface area contributed by atoms with Crippen molar-refractivity contribution in [1.82, 2.24) is 0 Å². The minimum atomic E-state index is -0.631. The number of benzene rings is 3. The largest absolute Gasteiger partial charge is 0.490 e. The van der Waals surface area contributed by atoms with Gasteiger partial charge in [-0.1, -0.05) is 54.6 Å². The second kappa shape index (κ2) is 11.1. The Hall–Kier alpha value is -2.98. The molecule has 0 aliphatic heterocycles. The van der Waals surface area contributed by atoms with E-state index in [1.807, 2.05) is 51.1 Å². The van der Waals surface area contributed by atoms with Crippen LogP contribution in [-0.4, -0.2) is 23.9 Å². The van der Waals surface area contributed by atoms with Crippen LogP contribution in [0.2, 0.25) is 0 Å². The van der Waals surface area contributed by atoms with Gasteiger partial charge >= 0.3 is 5.97 Å². The highest BCUT2D eigenvalue weighted by Gasteiger charge is 2.30. The minimum absolute atomic E-state index is 0.206. The molecular weight excluding hydrogens is 416 g/mol. The number of esters is 1. The summed E-state index contributed by atoms with van der Waals surface area (Å²) in [5.74, 6) is 0.592. The lowest BCUT2D eigenvalue weighted by Gasteiger charge is -2.21. The molecule has 0 aliphatic rings. The fourth-order valence-corrected chi connectivity index (χ4v) is 4.19. The van der Waals surface area contributed by atoms with E-state index in [0.29, 0.717) is 13.2 Å². The zero-order chi connectivity index (χ0) is 23.0. The lowest BCUT2D eigenvalue weighted by Crippen LogP contribution is -2.29. The van der Waals surface area contributed by atoms with Crippen molar-refractivity contribution in [3.8, 4) is 16.9 Å². The van der Waals surface area contributed by atoms with Crippen molar-refractivity contribution in [2.24, 2.45) is 0 Å². The number of carbonyl (C=O) groups excluding carboxylic acids is 1. The third-order valence-corrected chi connectivity index (χ3v) is 6.24. The molecule has 0 spiro atoms. The molecule has 4 heteroatoms. The second-order valence-corrected chi connectivity index (χ2v) is 9.64. The van der Waals surface area contributed by atoms with Crippen molar-refractivity contribution >= 4 is 23.3 Å². The smallest absolute Gasteiger partial charge is 0.321 e. The zero-order valence-electron chi connectivity index (χ0n) is 19.1. The molecule has 3 rings (SSSR count). The van der Waals surface area contributed by atoms with Crippen LogP contribution >= 0.6 is 11.8 Å². The first-order valence-corrected chi connectivity index (χ1v) is 11.6. The number of hydrogen-bond donors (Lipinski definition) is 0. The first kappa shape index (κ1) is 23.7. The van der Waals surface area contributed by atoms with Crippen LogP contribution in [0.5, 0.6) is 5.75 Å². The Balaban J connectivity index is 1.54. The van der Waals surface area contributed by atoms with Crippen LogP contribution < -0.4 is 4.74 Å². The number of carbonyl (C=O) groups is 1. The molecular formula is C28H30O3S. The zero-order valence-corrected chi connectivity index (χ0v) is 19.9. The Kier molecular flexibility index (Phi) is 8.18. The molecule has 0 unspecified atom stereocenters. The summed E-state index contributed by atoms with van der Waals surface area (Å²) in [5.41, 5.74) is 4.79. The Labute approximate surface area is 195 Å². The van der Waals surface area contributed by atoms with E-state index in [1.165, 1.54) is 34.0 Å². The maximum atomic E-state index is 12.1. The fourth-order valence-electron chi connectivity index (χ4n) is 3.18. The van der Waals surface area contributed by atoms with E-state index >= 15 is 0 Å². The van der Waals surface area contributed by atoms with Crippen LogP contribution in [0.4, 0.5) is 0 Å². The molecule has 3 nitrogen and oxygen atoms in total. The number of hydrogen-bond acceptors (Lipinski definition) is 4. The molecule has 0 amide bonds. The highest BCUT2D eigenvalue weighted by Crippen LogP contribution is 2.34. The summed E-state index contributed by atoms with van der Waals surface area (Å²) in [7, 11) is 0. The van der Waals surface area contributed by atoms with E-state index in [4.69, 9.17) is 9.47 Å². The quantitative estimate of drug-likeness (QED) is 0.256. The molecule has 0 aromatic heterocycles. The number of ether oxygens (including phenoxy) is 2. The van der Waals surface area contributed by atoms with Gasteiger partial charge in [-0.3, -0.25) is 4.79 Å². The average molecular weight is 447 g/mol. The first-order chi connectivity index (χ1) is 15.4. The number of thioether (sulfide) groups is 1. The molecule has 0 heterocycles. The summed E-state index contributed by atoms with van der Waals surface area (Å²) >= 11 is 1.49. The Morgan fingerprint density at radius 2 is 1.53 bits per heavy atom. The van der Waals surface area contributed by atoms with Gasteiger partial charge < -0.3 is 9.47 Å². The van der Waals surface area contributed by atoms with Crippen LogP contribution in [-0.2, 0) is 9.53 Å². The fraction of sp³-hybridized carbons (Fsp3) is 0.250. The summed E-state index contributed by atoms with van der Waals surface area (Å²) in [6, 6.07) is 26.8. The van der Waals surface area contributed by atoms with Crippen LogP contribution in [0.15, 0.2) is 89.8 Å². The minimum Gasteiger partial charge on any atom is -0.490 e. The molecule has 3 aromatic carbocycles. The van der Waals surface area contributed by atoms with Crippen LogP contribution in [0.25, 0.3) is 16.7 Å². The molecule has 32 heavy (non-hydrogen) atoms. The van der Waals surface area contributed by atoms with E-state index in [9.17, 15) is 4.79 Å². The monoisotopic (exact) mass is 446 g/mol. The summed E-state index contributed by atoms with van der Waals surface area (Å²) in [5, 5.41) is 0. The average Bonchev–Trinajstić information content (AvgIpc) is 2.81. The first-order valence-electron chi connectivity index (χ1n) is 10.8. The third kappa shape index (κ3) is 6.51. The number of allylic oxidation sites excluding steroid dienone is 1. The SMILES string of the molecule is CCOC(=O)C(C)(C)Sc1ccc(OC/C=C(\C)c2ccc(-c3ccccc3)cc2)cc1. The van der Waals surface area contributed by atoms with Gasteiger partial charge in [-0.15, -0.1) is 11.8 Å². The topological polar surface area (TPSA) is 35.5 Å². The van der Waals surface area contributed by atoms with Crippen molar-refractivity contribution in [3.05, 3.63) is 90.5 Å². The summed E-state index contributed by atoms with van der Waals surface area (Å²) in [6.45, 7) is 8.55. The van der Waals surface area contributed by atoms with E-state index in [2.05, 4.69) is 61.5 Å². The predicted molar refractivity (Wildman–Crippen MR) is 134 cm³/mol. The van der Waals surface area contributed by atoms with Crippen molar-refractivity contribution in [3.63, 3.8) is 0 Å². The predicted octanol–water partition coefficient (Wildman–Crippen LogP) is 7.27. The van der Waals surface area contributed by atoms with Crippen molar-refractivity contribution in [2.75, 3.05) is 13.2 Å². The molecule has 0 aliphatic carbocycles. The summed E-state index contributed by atoms with van der Waals surface area (Å²) < 4.78 is 10.4. The number of rotatable bonds is 9. The van der Waals surface area contributed by atoms with E-state index in [-0.39, 0.29) is 5.97 Å². The lowest BCUT2D eigenvalue weighted by molar-refractivity contribution is -0.145. The van der Waals surface area contributed by atoms with Crippen molar-refractivity contribution in [2.45, 2.75) is 37.3 Å². The van der Waals surface area contributed by atoms with Gasteiger partial charge in [-0.25, -0.2) is 0 Å². The van der Waals surface area contributed by atoms with Gasteiger partial charge in [0.15, 0.2) is 0 Å². The molecule has 0 fully saturated rings. The normalized spacial score (nSPS) is 11.8. The van der Waals surface area contributed by atoms with Crippen LogP contribution in [0.1, 0.15) is 33.3 Å². The highest BCUT2D eigenvalue weighted by atomic mass is 32.2. The molecule has 166 valence electrons. The maximum Gasteiger partial charge on any atom is 0.321 e. The standard InChI is InChI=1S/C28H30O3S/c1-5-30-27(29)28(3,4)32-26-17-15-25(16-18-26)31-20-19-21(2)22-11-13-24(14-12-22)23-9-7-6-8-10-23/h6-19H,5,20H2,1-4H3/b21-19+. The Morgan fingerprint density at radius 3 is 2.16 bits per heavy atom. The molecule has 0 N–H and O–H groups in total. The van der Waals surface area contributed by atoms with Crippen molar-refractivity contribution in [1.29, 1.82) is 0 Å². The van der Waals surface area contributed by atoms with Gasteiger partial charge in [0, 0.05) is 4.90 Å². The van der Waals surface area contributed by atoms with Gasteiger partial charge in [0.2, 0.25) is 0 Å². The lowest BCUT2D eigenvalue weighted by atomic mass is 10.0. The second-order valence-electron chi connectivity index (χ2n) is 7.95. The van der Waals surface area contributed by atoms with Crippen LogP contribution in [0.3, 0.4) is 0 Å². The molecule has 0 atom stereocenters. The highest BCUT2D eigenvalue weighted by molar-refractivity contribution is 8.01. The summed E-state index contributed by atoms with van der Waals surface area (Å²) in [4.78, 5) is 13.1.